The van der Waals surface area contributed by atoms with Gasteiger partial charge < -0.3 is 22.4 Å². The van der Waals surface area contributed by atoms with Gasteiger partial charge >= 0.3 is 0 Å². The van der Waals surface area contributed by atoms with Crippen LogP contribution >= 0.6 is 0 Å². The van der Waals surface area contributed by atoms with Crippen molar-refractivity contribution in [1.29, 1.82) is 0 Å². The fraction of sp³-hybridized carbons (Fsp3) is 0.0234. The Hall–Kier alpha value is -18.7. The highest BCUT2D eigenvalue weighted by molar-refractivity contribution is 6.29. The summed E-state index contributed by atoms with van der Waals surface area (Å²) in [6.07, 6.45) is 0. The number of rotatable bonds is 12. The van der Waals surface area contributed by atoms with Crippen molar-refractivity contribution in [2.75, 3.05) is 0 Å². The lowest BCUT2D eigenvalue weighted by Gasteiger charge is -2.23. The van der Waals surface area contributed by atoms with Crippen molar-refractivity contribution in [3.05, 3.63) is 442 Å². The standard InChI is InChI=1S/C128H77N9O3/c1-128(2)101-55-46-77(66-93(101)90-54-61-110-120(122(90)128)98-69-80(48-57-107(98)135(110)86-34-16-7-17-35-86)82-53-64-113-100(71-82)117-87(39-24-44-114(117)139-113)83-51-60-106-94(72-83)89-36-19-22-42-103(89)136(106)127-132-124(75-28-10-4-11-29-75)131-125(133-127)76-30-12-5-13-31-76)78-47-56-104-95(67-78)96-73-84(50-59-105(96)134(104)85-32-14-6-15-33-85)88-40-25-45-115-118(88)99-70-81(52-63-112(99)140-115)79-49-58-108-97(68-79)119-109(62-65-116-121(119)92-38-20-23-43-111(92)138-116)137(108)126-129-102-41-21-18-37-91(102)123(130-126)74-26-8-3-9-27-74/h3-73H,1-2H3. The summed E-state index contributed by atoms with van der Waals surface area (Å²) in [7, 11) is 0. The van der Waals surface area contributed by atoms with Gasteiger partial charge in [0.25, 0.3) is 0 Å². The maximum absolute atomic E-state index is 6.90. The third kappa shape index (κ3) is 11.6. The number of furan rings is 3. The van der Waals surface area contributed by atoms with Gasteiger partial charge in [-0.15, -0.1) is 0 Å². The number of hydrogen-bond acceptors (Lipinski definition) is 8. The van der Waals surface area contributed by atoms with Gasteiger partial charge in [0.2, 0.25) is 11.9 Å². The molecule has 652 valence electrons. The molecule has 0 saturated heterocycles. The molecular formula is C128H77N9O3. The second kappa shape index (κ2) is 29.7. The first-order chi connectivity index (χ1) is 69.1. The Bertz CT molecular complexity index is 10300. The van der Waals surface area contributed by atoms with Crippen LogP contribution < -0.4 is 0 Å². The molecule has 0 unspecified atom stereocenters. The molecule has 0 amide bonds. The fourth-order valence-electron chi connectivity index (χ4n) is 23.3. The van der Waals surface area contributed by atoms with Crippen LogP contribution in [0.25, 0.3) is 288 Å². The fourth-order valence-corrected chi connectivity index (χ4v) is 23.3. The molecule has 29 aromatic rings. The minimum Gasteiger partial charge on any atom is -0.456 e. The molecule has 9 heterocycles. The smallest absolute Gasteiger partial charge is 0.238 e. The van der Waals surface area contributed by atoms with E-state index in [1.54, 1.807) is 0 Å². The third-order valence-corrected chi connectivity index (χ3v) is 29.6. The van der Waals surface area contributed by atoms with Crippen LogP contribution in [-0.2, 0) is 5.41 Å². The molecule has 1 aliphatic rings. The molecule has 0 N–H and O–H groups in total. The predicted molar refractivity (Wildman–Crippen MR) is 573 cm³/mol. The minimum absolute atomic E-state index is 0.387. The van der Waals surface area contributed by atoms with E-state index in [0.29, 0.717) is 23.5 Å². The van der Waals surface area contributed by atoms with Crippen LogP contribution in [0, 0.1) is 0 Å². The molecule has 140 heavy (non-hydrogen) atoms. The summed E-state index contributed by atoms with van der Waals surface area (Å²) in [4.78, 5) is 26.3. The van der Waals surface area contributed by atoms with Crippen LogP contribution in [0.15, 0.2) is 444 Å². The molecule has 0 atom stereocenters. The van der Waals surface area contributed by atoms with Gasteiger partial charge in [0.05, 0.1) is 55.3 Å². The van der Waals surface area contributed by atoms with Gasteiger partial charge in [0.1, 0.15) is 33.5 Å². The normalized spacial score (nSPS) is 12.7. The zero-order valence-corrected chi connectivity index (χ0v) is 75.7. The van der Waals surface area contributed by atoms with Crippen LogP contribution in [0.4, 0.5) is 0 Å². The molecule has 20 aromatic carbocycles. The Morgan fingerprint density at radius 1 is 0.200 bits per heavy atom. The SMILES string of the molecule is CC1(C)c2ccc(-c3ccc4c(c3)c3cc(-c5cccc6oc7ccc(-c8ccc9c(c8)c8c%10c(ccc8n9-c8nc(-c9ccccc9)c9ccccc9n8)oc8ccccc8%10)cc7c56)ccc3n4-c3ccccc3)cc2-c2ccc3c(c21)c1cc(-c2ccc4oc5cccc(-c6ccc7c(c6)c6ccccc6n7-c6nc(-c7ccccc7)nc(-c7ccccc7)n6)c5c4c2)ccc1n3-c1ccccc1. The average Bonchev–Trinajstić information content (AvgIpc) is 1.53. The molecule has 30 rings (SSSR count). The Morgan fingerprint density at radius 3 is 1.18 bits per heavy atom. The maximum atomic E-state index is 6.90. The van der Waals surface area contributed by atoms with E-state index in [2.05, 4.69) is 414 Å². The monoisotopic (exact) mass is 1790 g/mol. The van der Waals surface area contributed by atoms with Crippen molar-refractivity contribution in [2.24, 2.45) is 0 Å². The topological polar surface area (TPSA) is 124 Å². The second-order valence-electron chi connectivity index (χ2n) is 37.6. The quantitative estimate of drug-likeness (QED) is 0.118. The zero-order chi connectivity index (χ0) is 91.8. The van der Waals surface area contributed by atoms with E-state index in [1.165, 1.54) is 38.5 Å². The Morgan fingerprint density at radius 2 is 0.579 bits per heavy atom. The summed E-state index contributed by atoms with van der Waals surface area (Å²) in [5.74, 6) is 2.36. The van der Waals surface area contributed by atoms with Crippen LogP contribution in [0.5, 0.6) is 0 Å². The van der Waals surface area contributed by atoms with Gasteiger partial charge in [-0.2, -0.15) is 9.97 Å². The van der Waals surface area contributed by atoms with Crippen molar-refractivity contribution in [1.82, 2.24) is 43.2 Å². The molecule has 9 aromatic heterocycles. The van der Waals surface area contributed by atoms with Crippen LogP contribution in [0.3, 0.4) is 0 Å². The second-order valence-corrected chi connectivity index (χ2v) is 37.6. The summed E-state index contributed by atoms with van der Waals surface area (Å²) in [5, 5.41) is 16.4. The van der Waals surface area contributed by atoms with Gasteiger partial charge in [-0.25, -0.2) is 15.0 Å². The first kappa shape index (κ1) is 77.8. The van der Waals surface area contributed by atoms with E-state index in [1.807, 2.05) is 48.5 Å². The first-order valence-corrected chi connectivity index (χ1v) is 47.6. The highest BCUT2D eigenvalue weighted by atomic mass is 16.3. The number of aromatic nitrogens is 9. The van der Waals surface area contributed by atoms with E-state index in [-0.39, 0.29) is 5.41 Å². The largest absolute Gasteiger partial charge is 0.456 e. The maximum Gasteiger partial charge on any atom is 0.238 e. The van der Waals surface area contributed by atoms with Crippen LogP contribution in [0.1, 0.15) is 25.0 Å². The first-order valence-electron chi connectivity index (χ1n) is 47.6. The molecule has 12 nitrogen and oxygen atoms in total. The van der Waals surface area contributed by atoms with Crippen molar-refractivity contribution >= 4 is 164 Å². The number of para-hydroxylation sites is 5. The summed E-state index contributed by atoms with van der Waals surface area (Å²) in [5.41, 5.74) is 36.1. The lowest BCUT2D eigenvalue weighted by atomic mass is 9.80. The highest BCUT2D eigenvalue weighted by Crippen LogP contribution is 2.56. The van der Waals surface area contributed by atoms with Gasteiger partial charge in [-0.1, -0.05) is 281 Å². The van der Waals surface area contributed by atoms with E-state index in [0.717, 1.165) is 237 Å². The van der Waals surface area contributed by atoms with Crippen molar-refractivity contribution in [3.63, 3.8) is 0 Å². The van der Waals surface area contributed by atoms with Crippen molar-refractivity contribution in [3.8, 4) is 124 Å². The van der Waals surface area contributed by atoms with Crippen molar-refractivity contribution < 1.29 is 13.3 Å². The van der Waals surface area contributed by atoms with Gasteiger partial charge in [0, 0.05) is 114 Å². The summed E-state index contributed by atoms with van der Waals surface area (Å²) >= 11 is 0. The van der Waals surface area contributed by atoms with Crippen molar-refractivity contribution in [2.45, 2.75) is 19.3 Å². The molecule has 0 spiro atoms. The number of benzene rings is 20. The number of nitrogens with zero attached hydrogens (tertiary/aromatic N) is 9. The molecule has 0 aliphatic heterocycles. The van der Waals surface area contributed by atoms with E-state index < -0.39 is 0 Å². The van der Waals surface area contributed by atoms with E-state index >= 15 is 0 Å². The summed E-state index contributed by atoms with van der Waals surface area (Å²) in [6.45, 7) is 4.85. The predicted octanol–water partition coefficient (Wildman–Crippen LogP) is 33.5. The Labute approximate surface area is 800 Å². The average molecular weight is 1790 g/mol. The highest BCUT2D eigenvalue weighted by Gasteiger charge is 2.39. The molecule has 0 radical (unpaired) electrons. The minimum atomic E-state index is -0.387. The number of hydrogen-bond donors (Lipinski definition) is 0. The van der Waals surface area contributed by atoms with Crippen LogP contribution in [-0.4, -0.2) is 43.2 Å². The lowest BCUT2D eigenvalue weighted by Crippen LogP contribution is -2.15. The number of fused-ring (bicyclic) bond motifs is 27. The van der Waals surface area contributed by atoms with Crippen LogP contribution in [0.2, 0.25) is 0 Å². The third-order valence-electron chi connectivity index (χ3n) is 29.6. The zero-order valence-electron chi connectivity index (χ0n) is 75.7. The van der Waals surface area contributed by atoms with E-state index in [4.69, 9.17) is 38.2 Å². The Kier molecular flexibility index (Phi) is 16.5. The summed E-state index contributed by atoms with van der Waals surface area (Å²) < 4.78 is 29.7. The summed E-state index contributed by atoms with van der Waals surface area (Å²) in [6, 6.07) is 155. The molecule has 1 aliphatic carbocycles. The van der Waals surface area contributed by atoms with Gasteiger partial charge in [-0.3, -0.25) is 9.13 Å². The Balaban J connectivity index is 0.527. The molecule has 0 fully saturated rings. The molecule has 12 heteroatoms. The van der Waals surface area contributed by atoms with Gasteiger partial charge in [-0.05, 0) is 242 Å². The van der Waals surface area contributed by atoms with E-state index in [9.17, 15) is 0 Å². The molecule has 0 saturated carbocycles. The lowest BCUT2D eigenvalue weighted by molar-refractivity contribution is 0.666. The van der Waals surface area contributed by atoms with Gasteiger partial charge in [0.15, 0.2) is 11.6 Å². The molecule has 0 bridgehead atoms. The molecular weight excluding hydrogens is 1710 g/mol.